The maximum absolute atomic E-state index is 13.0. The Morgan fingerprint density at radius 3 is 2.23 bits per heavy atom. The van der Waals surface area contributed by atoms with Crippen molar-refractivity contribution in [2.45, 2.75) is 91.6 Å². The van der Waals surface area contributed by atoms with Crippen LogP contribution in [0.3, 0.4) is 0 Å². The highest BCUT2D eigenvalue weighted by atomic mass is 19.4. The van der Waals surface area contributed by atoms with Crippen molar-refractivity contribution in [1.29, 1.82) is 0 Å². The third-order valence-electron chi connectivity index (χ3n) is 4.00. The Kier molecular flexibility index (Phi) is 11.1. The lowest BCUT2D eigenvalue weighted by atomic mass is 10.0. The van der Waals surface area contributed by atoms with Gasteiger partial charge in [0.1, 0.15) is 5.60 Å². The summed E-state index contributed by atoms with van der Waals surface area (Å²) < 4.78 is 45.6. The number of alkyl halides is 3. The molecule has 0 fully saturated rings. The van der Waals surface area contributed by atoms with Crippen LogP contribution in [-0.4, -0.2) is 34.1 Å². The number of carbonyl (C=O) groups is 1. The van der Waals surface area contributed by atoms with Gasteiger partial charge in [0.2, 0.25) is 0 Å². The summed E-state index contributed by atoms with van der Waals surface area (Å²) in [5.74, 6) is -0.0825. The van der Waals surface area contributed by atoms with E-state index in [0.717, 1.165) is 6.07 Å². The second-order valence-electron chi connectivity index (χ2n) is 8.82. The highest BCUT2D eigenvalue weighted by Crippen LogP contribution is 2.31. The molecule has 10 heteroatoms. The van der Waals surface area contributed by atoms with E-state index in [1.54, 1.807) is 34.6 Å². The minimum atomic E-state index is -4.50. The Morgan fingerprint density at radius 2 is 1.84 bits per heavy atom. The second-order valence-corrected chi connectivity index (χ2v) is 8.82. The van der Waals surface area contributed by atoms with Gasteiger partial charge in [-0.2, -0.15) is 18.3 Å². The van der Waals surface area contributed by atoms with Crippen LogP contribution < -0.4 is 16.2 Å². The van der Waals surface area contributed by atoms with E-state index in [4.69, 9.17) is 4.74 Å². The molecule has 0 spiro atoms. The van der Waals surface area contributed by atoms with E-state index >= 15 is 0 Å². The van der Waals surface area contributed by atoms with E-state index in [-0.39, 0.29) is 12.5 Å². The van der Waals surface area contributed by atoms with E-state index < -0.39 is 29.1 Å². The molecule has 0 aliphatic rings. The molecular weight excluding hydrogens is 411 g/mol. The van der Waals surface area contributed by atoms with E-state index in [1.807, 2.05) is 40.1 Å². The SMILES string of the molecule is C/C=C\NNC.CCC(C)c1cc(C(F)(F)F)nn1CC(C)(C)NC(=O)OC(C)(C)C. The number of nitrogens with zero attached hydrogens (tertiary/aromatic N) is 2. The summed E-state index contributed by atoms with van der Waals surface area (Å²) in [5.41, 5.74) is 3.58. The van der Waals surface area contributed by atoms with E-state index in [2.05, 4.69) is 21.3 Å². The average Bonchev–Trinajstić information content (AvgIpc) is 3.00. The van der Waals surface area contributed by atoms with Crippen molar-refractivity contribution >= 4 is 6.09 Å². The molecule has 1 aromatic rings. The number of amides is 1. The molecule has 0 bridgehead atoms. The zero-order valence-corrected chi connectivity index (χ0v) is 20.1. The predicted molar refractivity (Wildman–Crippen MR) is 116 cm³/mol. The number of aromatic nitrogens is 2. The van der Waals surface area contributed by atoms with Gasteiger partial charge in [0.05, 0.1) is 12.1 Å². The minimum Gasteiger partial charge on any atom is -0.444 e. The van der Waals surface area contributed by atoms with Crippen molar-refractivity contribution in [3.05, 3.63) is 29.7 Å². The molecule has 0 aliphatic carbocycles. The van der Waals surface area contributed by atoms with Crippen LogP contribution in [0.15, 0.2) is 18.3 Å². The van der Waals surface area contributed by atoms with Gasteiger partial charge in [0.15, 0.2) is 5.69 Å². The molecule has 180 valence electrons. The van der Waals surface area contributed by atoms with Crippen molar-refractivity contribution in [3.8, 4) is 0 Å². The Balaban J connectivity index is 0.00000131. The topological polar surface area (TPSA) is 80.2 Å². The summed E-state index contributed by atoms with van der Waals surface area (Å²) in [5, 5.41) is 6.41. The molecule has 1 amide bonds. The van der Waals surface area contributed by atoms with E-state index in [9.17, 15) is 18.0 Å². The second kappa shape index (κ2) is 12.0. The number of nitrogens with one attached hydrogen (secondary N) is 3. The molecule has 7 nitrogen and oxygen atoms in total. The lowest BCUT2D eigenvalue weighted by Crippen LogP contribution is -2.48. The Morgan fingerprint density at radius 1 is 1.26 bits per heavy atom. The van der Waals surface area contributed by atoms with Gasteiger partial charge in [-0.25, -0.2) is 10.2 Å². The van der Waals surface area contributed by atoms with Gasteiger partial charge in [-0.1, -0.05) is 19.9 Å². The van der Waals surface area contributed by atoms with Crippen molar-refractivity contribution in [2.24, 2.45) is 0 Å². The number of hydrazine groups is 1. The fraction of sp³-hybridized carbons (Fsp3) is 0.714. The standard InChI is InChI=1S/C17H28F3N3O2.C4H10N2/c1-8-11(2)12-9-13(17(18,19)20)22-23(12)10-16(6,7)21-14(24)25-15(3,4)5;1-3-4-6-5-2/h9,11H,8,10H2,1-7H3,(H,21,24);3-6H,1-2H3/b;4-3-. The van der Waals surface area contributed by atoms with Crippen molar-refractivity contribution < 1.29 is 22.7 Å². The Hall–Kier alpha value is -2.23. The minimum absolute atomic E-state index is 0.0825. The quantitative estimate of drug-likeness (QED) is 0.513. The summed E-state index contributed by atoms with van der Waals surface area (Å²) >= 11 is 0. The van der Waals surface area contributed by atoms with Crippen LogP contribution >= 0.6 is 0 Å². The lowest BCUT2D eigenvalue weighted by Gasteiger charge is -2.29. The van der Waals surface area contributed by atoms with Crippen molar-refractivity contribution in [2.75, 3.05) is 7.05 Å². The van der Waals surface area contributed by atoms with Crippen LogP contribution in [0.1, 0.15) is 79.1 Å². The first-order valence-corrected chi connectivity index (χ1v) is 10.3. The molecule has 0 aliphatic heterocycles. The summed E-state index contributed by atoms with van der Waals surface area (Å²) in [4.78, 5) is 12.0. The monoisotopic (exact) mass is 449 g/mol. The molecule has 1 atom stereocenters. The van der Waals surface area contributed by atoms with Gasteiger partial charge in [0.25, 0.3) is 0 Å². The van der Waals surface area contributed by atoms with Crippen LogP contribution in [0.5, 0.6) is 0 Å². The number of halogens is 3. The first-order chi connectivity index (χ1) is 14.1. The van der Waals surface area contributed by atoms with Gasteiger partial charge < -0.3 is 15.5 Å². The maximum Gasteiger partial charge on any atom is 0.435 e. The fourth-order valence-corrected chi connectivity index (χ4v) is 2.46. The zero-order valence-electron chi connectivity index (χ0n) is 20.1. The smallest absolute Gasteiger partial charge is 0.435 e. The van der Waals surface area contributed by atoms with E-state index in [0.29, 0.717) is 12.1 Å². The molecule has 1 aromatic heterocycles. The lowest BCUT2D eigenvalue weighted by molar-refractivity contribution is -0.141. The molecule has 31 heavy (non-hydrogen) atoms. The summed E-state index contributed by atoms with van der Waals surface area (Å²) in [6.07, 6.45) is -0.707. The number of rotatable bonds is 7. The van der Waals surface area contributed by atoms with Crippen LogP contribution in [0.4, 0.5) is 18.0 Å². The predicted octanol–water partition coefficient (Wildman–Crippen LogP) is 4.96. The van der Waals surface area contributed by atoms with E-state index in [1.165, 1.54) is 4.68 Å². The molecule has 1 unspecified atom stereocenters. The van der Waals surface area contributed by atoms with Gasteiger partial charge in [-0.05, 0) is 59.9 Å². The molecule has 3 N–H and O–H groups in total. The first kappa shape index (κ1) is 28.8. The molecular formula is C21H38F3N5O2. The number of carbonyl (C=O) groups excluding carboxylic acids is 1. The molecule has 0 saturated heterocycles. The normalized spacial score (nSPS) is 13.4. The molecule has 1 rings (SSSR count). The van der Waals surface area contributed by atoms with Gasteiger partial charge in [-0.3, -0.25) is 4.68 Å². The van der Waals surface area contributed by atoms with Crippen LogP contribution in [-0.2, 0) is 17.5 Å². The van der Waals surface area contributed by atoms with Crippen LogP contribution in [0, 0.1) is 0 Å². The van der Waals surface area contributed by atoms with Crippen LogP contribution in [0.25, 0.3) is 0 Å². The summed E-state index contributed by atoms with van der Waals surface area (Å²) in [6.45, 7) is 14.4. The highest BCUT2D eigenvalue weighted by Gasteiger charge is 2.36. The maximum atomic E-state index is 13.0. The number of alkyl carbamates (subject to hydrolysis) is 1. The van der Waals surface area contributed by atoms with Gasteiger partial charge in [-0.15, -0.1) is 0 Å². The number of hydrogen-bond acceptors (Lipinski definition) is 5. The third kappa shape index (κ3) is 11.7. The number of allylic oxidation sites excluding steroid dienone is 1. The highest BCUT2D eigenvalue weighted by molar-refractivity contribution is 5.68. The molecule has 0 saturated carbocycles. The summed E-state index contributed by atoms with van der Waals surface area (Å²) in [7, 11) is 1.82. The van der Waals surface area contributed by atoms with Crippen molar-refractivity contribution in [1.82, 2.24) is 25.9 Å². The Bertz CT molecular complexity index is 707. The van der Waals surface area contributed by atoms with Crippen LogP contribution in [0.2, 0.25) is 0 Å². The number of hydrogen-bond donors (Lipinski definition) is 3. The Labute approximate surface area is 183 Å². The first-order valence-electron chi connectivity index (χ1n) is 10.3. The van der Waals surface area contributed by atoms with Gasteiger partial charge in [0, 0.05) is 18.9 Å². The fourth-order valence-electron chi connectivity index (χ4n) is 2.46. The van der Waals surface area contributed by atoms with Gasteiger partial charge >= 0.3 is 12.3 Å². The third-order valence-corrected chi connectivity index (χ3v) is 4.00. The molecule has 0 radical (unpaired) electrons. The molecule has 0 aromatic carbocycles. The largest absolute Gasteiger partial charge is 0.444 e. The summed E-state index contributed by atoms with van der Waals surface area (Å²) in [6, 6.07) is 1.08. The van der Waals surface area contributed by atoms with Crippen molar-refractivity contribution in [3.63, 3.8) is 0 Å². The molecule has 1 heterocycles. The average molecular weight is 450 g/mol. The zero-order chi connectivity index (χ0) is 24.5. The number of ether oxygens (including phenoxy) is 1.